The number of fused-ring (bicyclic) bond motifs is 1. The fourth-order valence-electron chi connectivity index (χ4n) is 2.63. The number of benzene rings is 3. The molecule has 0 radical (unpaired) electrons. The molecule has 3 nitrogen and oxygen atoms in total. The Labute approximate surface area is 139 Å². The SMILES string of the molecule is c1ccc(CSc2nncn2-c2cccc3ccccc23)cc1. The average molecular weight is 317 g/mol. The molecule has 0 fully saturated rings. The molecule has 0 aliphatic heterocycles. The van der Waals surface area contributed by atoms with Crippen LogP contribution in [0.1, 0.15) is 5.56 Å². The number of aromatic nitrogens is 3. The molecule has 0 saturated heterocycles. The summed E-state index contributed by atoms with van der Waals surface area (Å²) in [5, 5.41) is 11.7. The molecule has 3 aromatic carbocycles. The standard InChI is InChI=1S/C19H15N3S/c1-2-7-15(8-3-1)13-23-19-21-20-14-22(19)18-12-6-10-16-9-4-5-11-17(16)18/h1-12,14H,13H2. The molecule has 4 aromatic rings. The van der Waals surface area contributed by atoms with E-state index < -0.39 is 0 Å². The Morgan fingerprint density at radius 3 is 2.52 bits per heavy atom. The summed E-state index contributed by atoms with van der Waals surface area (Å²) in [5.41, 5.74) is 2.40. The molecule has 0 N–H and O–H groups in total. The van der Waals surface area contributed by atoms with E-state index >= 15 is 0 Å². The van der Waals surface area contributed by atoms with E-state index in [1.54, 1.807) is 18.1 Å². The largest absolute Gasteiger partial charge is 0.276 e. The zero-order chi connectivity index (χ0) is 15.5. The summed E-state index contributed by atoms with van der Waals surface area (Å²) in [7, 11) is 0. The van der Waals surface area contributed by atoms with Crippen molar-refractivity contribution in [3.63, 3.8) is 0 Å². The molecule has 0 amide bonds. The summed E-state index contributed by atoms with van der Waals surface area (Å²) in [6.07, 6.45) is 1.79. The van der Waals surface area contributed by atoms with E-state index in [0.29, 0.717) is 0 Å². The normalized spacial score (nSPS) is 11.0. The second kappa shape index (κ2) is 6.26. The fraction of sp³-hybridized carbons (Fsp3) is 0.0526. The van der Waals surface area contributed by atoms with Crippen LogP contribution in [0.4, 0.5) is 0 Å². The van der Waals surface area contributed by atoms with Gasteiger partial charge in [0, 0.05) is 11.1 Å². The topological polar surface area (TPSA) is 30.7 Å². The van der Waals surface area contributed by atoms with Crippen LogP contribution in [0.5, 0.6) is 0 Å². The predicted octanol–water partition coefficient (Wildman–Crippen LogP) is 4.71. The highest BCUT2D eigenvalue weighted by molar-refractivity contribution is 7.98. The molecule has 0 atom stereocenters. The van der Waals surface area contributed by atoms with Gasteiger partial charge in [-0.15, -0.1) is 10.2 Å². The molecule has 112 valence electrons. The summed E-state index contributed by atoms with van der Waals surface area (Å²) in [4.78, 5) is 0. The summed E-state index contributed by atoms with van der Waals surface area (Å²) in [6.45, 7) is 0. The van der Waals surface area contributed by atoms with Gasteiger partial charge in [-0.2, -0.15) is 0 Å². The van der Waals surface area contributed by atoms with Gasteiger partial charge in [0.1, 0.15) is 6.33 Å². The van der Waals surface area contributed by atoms with Crippen LogP contribution in [-0.2, 0) is 5.75 Å². The highest BCUT2D eigenvalue weighted by Crippen LogP contribution is 2.27. The third kappa shape index (κ3) is 2.85. The van der Waals surface area contributed by atoms with E-state index in [-0.39, 0.29) is 0 Å². The van der Waals surface area contributed by atoms with Gasteiger partial charge in [0.25, 0.3) is 0 Å². The van der Waals surface area contributed by atoms with Crippen molar-refractivity contribution in [2.75, 3.05) is 0 Å². The molecule has 4 heteroatoms. The molecule has 1 aromatic heterocycles. The van der Waals surface area contributed by atoms with Crippen molar-refractivity contribution >= 4 is 22.5 Å². The van der Waals surface area contributed by atoms with Gasteiger partial charge in [-0.05, 0) is 17.0 Å². The van der Waals surface area contributed by atoms with Gasteiger partial charge in [0.2, 0.25) is 0 Å². The lowest BCUT2D eigenvalue weighted by molar-refractivity contribution is 0.889. The first kappa shape index (κ1) is 14.0. The van der Waals surface area contributed by atoms with Crippen molar-refractivity contribution in [1.82, 2.24) is 14.8 Å². The van der Waals surface area contributed by atoms with Gasteiger partial charge in [0.15, 0.2) is 5.16 Å². The van der Waals surface area contributed by atoms with Gasteiger partial charge in [-0.3, -0.25) is 4.57 Å². The Morgan fingerprint density at radius 1 is 0.826 bits per heavy atom. The summed E-state index contributed by atoms with van der Waals surface area (Å²) >= 11 is 1.70. The minimum atomic E-state index is 0.879. The van der Waals surface area contributed by atoms with Gasteiger partial charge in [0.05, 0.1) is 5.69 Å². The van der Waals surface area contributed by atoms with Crippen LogP contribution in [0, 0.1) is 0 Å². The minimum absolute atomic E-state index is 0.879. The molecular weight excluding hydrogens is 302 g/mol. The molecule has 0 spiro atoms. The second-order valence-corrected chi connectivity index (χ2v) is 6.20. The number of rotatable bonds is 4. The maximum Gasteiger partial charge on any atom is 0.195 e. The van der Waals surface area contributed by atoms with Crippen LogP contribution in [0.3, 0.4) is 0 Å². The second-order valence-electron chi connectivity index (χ2n) is 5.26. The van der Waals surface area contributed by atoms with Crippen molar-refractivity contribution in [3.05, 3.63) is 84.7 Å². The minimum Gasteiger partial charge on any atom is -0.276 e. The zero-order valence-corrected chi connectivity index (χ0v) is 13.3. The summed E-state index contributed by atoms with van der Waals surface area (Å²) in [5.74, 6) is 0.879. The molecule has 0 unspecified atom stereocenters. The quantitative estimate of drug-likeness (QED) is 0.511. The van der Waals surface area contributed by atoms with Crippen LogP contribution < -0.4 is 0 Å². The number of hydrogen-bond donors (Lipinski definition) is 0. The Balaban J connectivity index is 1.69. The third-order valence-electron chi connectivity index (χ3n) is 3.75. The number of thioether (sulfide) groups is 1. The summed E-state index contributed by atoms with van der Waals surface area (Å²) in [6, 6.07) is 25.1. The first-order chi connectivity index (χ1) is 11.4. The Hall–Kier alpha value is -2.59. The third-order valence-corrected chi connectivity index (χ3v) is 4.77. The van der Waals surface area contributed by atoms with Gasteiger partial charge < -0.3 is 0 Å². The molecule has 0 aliphatic carbocycles. The molecule has 0 aliphatic rings. The monoisotopic (exact) mass is 317 g/mol. The van der Waals surface area contributed by atoms with Crippen molar-refractivity contribution in [2.24, 2.45) is 0 Å². The van der Waals surface area contributed by atoms with Crippen molar-refractivity contribution in [1.29, 1.82) is 0 Å². The molecule has 4 rings (SSSR count). The molecule has 23 heavy (non-hydrogen) atoms. The first-order valence-corrected chi connectivity index (χ1v) is 8.45. The van der Waals surface area contributed by atoms with Crippen LogP contribution in [0.15, 0.2) is 84.3 Å². The number of nitrogens with zero attached hydrogens (tertiary/aromatic N) is 3. The Morgan fingerprint density at radius 2 is 1.61 bits per heavy atom. The Bertz CT molecular complexity index is 926. The van der Waals surface area contributed by atoms with Crippen molar-refractivity contribution in [2.45, 2.75) is 10.9 Å². The lowest BCUT2D eigenvalue weighted by Crippen LogP contribution is -1.96. The van der Waals surface area contributed by atoms with Crippen LogP contribution in [0.25, 0.3) is 16.5 Å². The van der Waals surface area contributed by atoms with E-state index in [1.165, 1.54) is 16.3 Å². The van der Waals surface area contributed by atoms with Crippen LogP contribution in [0.2, 0.25) is 0 Å². The maximum atomic E-state index is 4.29. The Kier molecular flexibility index (Phi) is 3.82. The van der Waals surface area contributed by atoms with E-state index in [0.717, 1.165) is 16.6 Å². The van der Waals surface area contributed by atoms with Gasteiger partial charge in [-0.1, -0.05) is 78.5 Å². The lowest BCUT2D eigenvalue weighted by atomic mass is 10.1. The predicted molar refractivity (Wildman–Crippen MR) is 94.9 cm³/mol. The molecule has 0 bridgehead atoms. The maximum absolute atomic E-state index is 4.29. The first-order valence-electron chi connectivity index (χ1n) is 7.47. The molecular formula is C19H15N3S. The zero-order valence-electron chi connectivity index (χ0n) is 12.5. The average Bonchev–Trinajstić information content (AvgIpc) is 3.09. The van der Waals surface area contributed by atoms with Crippen LogP contribution >= 0.6 is 11.8 Å². The van der Waals surface area contributed by atoms with Crippen molar-refractivity contribution in [3.8, 4) is 5.69 Å². The highest BCUT2D eigenvalue weighted by atomic mass is 32.2. The molecule has 1 heterocycles. The van der Waals surface area contributed by atoms with E-state index in [9.17, 15) is 0 Å². The van der Waals surface area contributed by atoms with Gasteiger partial charge >= 0.3 is 0 Å². The summed E-state index contributed by atoms with van der Waals surface area (Å²) < 4.78 is 2.07. The fourth-order valence-corrected chi connectivity index (χ4v) is 3.51. The smallest absolute Gasteiger partial charge is 0.195 e. The van der Waals surface area contributed by atoms with E-state index in [2.05, 4.69) is 81.5 Å². The van der Waals surface area contributed by atoms with E-state index in [1.807, 2.05) is 6.07 Å². The van der Waals surface area contributed by atoms with E-state index in [4.69, 9.17) is 0 Å². The lowest BCUT2D eigenvalue weighted by Gasteiger charge is -2.09. The number of hydrogen-bond acceptors (Lipinski definition) is 3. The highest BCUT2D eigenvalue weighted by Gasteiger charge is 2.10. The molecule has 0 saturated carbocycles. The van der Waals surface area contributed by atoms with Crippen molar-refractivity contribution < 1.29 is 0 Å². The van der Waals surface area contributed by atoms with Gasteiger partial charge in [-0.25, -0.2) is 0 Å². The van der Waals surface area contributed by atoms with Crippen LogP contribution in [-0.4, -0.2) is 14.8 Å².